The van der Waals surface area contributed by atoms with E-state index in [1.807, 2.05) is 13.0 Å². The lowest BCUT2D eigenvalue weighted by Crippen LogP contribution is -2.25. The molecule has 0 aliphatic heterocycles. The molecule has 134 valence electrons. The molecule has 5 nitrogen and oxygen atoms in total. The molecule has 1 aromatic heterocycles. The number of aromatic nitrogens is 2. The van der Waals surface area contributed by atoms with Crippen molar-refractivity contribution in [1.82, 2.24) is 9.97 Å². The van der Waals surface area contributed by atoms with E-state index in [-0.39, 0.29) is 16.7 Å². The standard InChI is InChI=1S/C18H22ClN3O2S/c1-3-5-8-12-11-16(23)22-18(20-12)25-15(4-2)17(24)21-14-10-7-6-9-13(14)19/h6-7,9-11,15H,3-5,8H2,1-2H3,(H,21,24)(H,20,22,23). The normalized spacial score (nSPS) is 12.0. The Balaban J connectivity index is 2.11. The topological polar surface area (TPSA) is 74.8 Å². The molecule has 0 saturated carbocycles. The van der Waals surface area contributed by atoms with Crippen molar-refractivity contribution < 1.29 is 4.79 Å². The molecule has 2 aromatic rings. The number of unbranched alkanes of at least 4 members (excludes halogenated alkanes) is 1. The second-order valence-electron chi connectivity index (χ2n) is 5.63. The third-order valence-corrected chi connectivity index (χ3v) is 5.19. The summed E-state index contributed by atoms with van der Waals surface area (Å²) in [4.78, 5) is 31.5. The Labute approximate surface area is 156 Å². The lowest BCUT2D eigenvalue weighted by Gasteiger charge is -2.15. The van der Waals surface area contributed by atoms with Gasteiger partial charge in [0.05, 0.1) is 16.0 Å². The van der Waals surface area contributed by atoms with Gasteiger partial charge in [-0.2, -0.15) is 0 Å². The van der Waals surface area contributed by atoms with E-state index in [0.717, 1.165) is 25.0 Å². The van der Waals surface area contributed by atoms with Crippen molar-refractivity contribution in [3.8, 4) is 0 Å². The molecular formula is C18H22ClN3O2S. The first-order valence-electron chi connectivity index (χ1n) is 8.35. The third kappa shape index (κ3) is 5.90. The molecule has 0 fully saturated rings. The van der Waals surface area contributed by atoms with Crippen LogP contribution in [0.25, 0.3) is 0 Å². The average Bonchev–Trinajstić information content (AvgIpc) is 2.59. The Morgan fingerprint density at radius 3 is 2.80 bits per heavy atom. The molecule has 0 saturated heterocycles. The number of rotatable bonds is 8. The smallest absolute Gasteiger partial charge is 0.251 e. The second-order valence-corrected chi connectivity index (χ2v) is 7.23. The van der Waals surface area contributed by atoms with Gasteiger partial charge >= 0.3 is 0 Å². The monoisotopic (exact) mass is 379 g/mol. The van der Waals surface area contributed by atoms with Crippen LogP contribution in [-0.4, -0.2) is 21.1 Å². The van der Waals surface area contributed by atoms with Gasteiger partial charge in [0.25, 0.3) is 5.56 Å². The Hall–Kier alpha value is -1.79. The van der Waals surface area contributed by atoms with Crippen molar-refractivity contribution in [2.24, 2.45) is 0 Å². The molecule has 1 atom stereocenters. The Morgan fingerprint density at radius 1 is 1.36 bits per heavy atom. The van der Waals surface area contributed by atoms with Crippen LogP contribution in [0.5, 0.6) is 0 Å². The van der Waals surface area contributed by atoms with Crippen LogP contribution >= 0.6 is 23.4 Å². The number of nitrogens with zero attached hydrogens (tertiary/aromatic N) is 1. The number of carbonyl (C=O) groups excluding carboxylic acids is 1. The van der Waals surface area contributed by atoms with Crippen LogP contribution in [-0.2, 0) is 11.2 Å². The highest BCUT2D eigenvalue weighted by atomic mass is 35.5. The van der Waals surface area contributed by atoms with E-state index in [1.54, 1.807) is 18.2 Å². The van der Waals surface area contributed by atoms with Gasteiger partial charge in [-0.15, -0.1) is 0 Å². The van der Waals surface area contributed by atoms with Crippen molar-refractivity contribution in [3.05, 3.63) is 51.4 Å². The minimum absolute atomic E-state index is 0.165. The number of H-pyrrole nitrogens is 1. The number of benzene rings is 1. The first-order chi connectivity index (χ1) is 12.0. The lowest BCUT2D eigenvalue weighted by molar-refractivity contribution is -0.115. The van der Waals surface area contributed by atoms with E-state index in [0.29, 0.717) is 22.3 Å². The third-order valence-electron chi connectivity index (χ3n) is 3.61. The highest BCUT2D eigenvalue weighted by Crippen LogP contribution is 2.25. The number of thioether (sulfide) groups is 1. The number of amides is 1. The fourth-order valence-corrected chi connectivity index (χ4v) is 3.37. The van der Waals surface area contributed by atoms with E-state index in [9.17, 15) is 9.59 Å². The van der Waals surface area contributed by atoms with Crippen LogP contribution < -0.4 is 10.9 Å². The van der Waals surface area contributed by atoms with Gasteiger partial charge in [0, 0.05) is 11.8 Å². The van der Waals surface area contributed by atoms with Gasteiger partial charge in [-0.3, -0.25) is 9.59 Å². The summed E-state index contributed by atoms with van der Waals surface area (Å²) in [5.74, 6) is -0.165. The minimum atomic E-state index is -0.374. The maximum atomic E-state index is 12.5. The molecule has 2 N–H and O–H groups in total. The summed E-state index contributed by atoms with van der Waals surface area (Å²) in [6, 6.07) is 8.61. The molecule has 0 aliphatic carbocycles. The Morgan fingerprint density at radius 2 is 2.12 bits per heavy atom. The number of nitrogens with one attached hydrogen (secondary N) is 2. The summed E-state index contributed by atoms with van der Waals surface area (Å²) in [7, 11) is 0. The van der Waals surface area contributed by atoms with Gasteiger partial charge in [-0.05, 0) is 31.4 Å². The molecule has 0 spiro atoms. The molecule has 1 heterocycles. The van der Waals surface area contributed by atoms with Crippen molar-refractivity contribution in [3.63, 3.8) is 0 Å². The number of aryl methyl sites for hydroxylation is 1. The number of para-hydroxylation sites is 1. The summed E-state index contributed by atoms with van der Waals surface area (Å²) in [6.07, 6.45) is 3.37. The summed E-state index contributed by atoms with van der Waals surface area (Å²) in [6.45, 7) is 4.01. The van der Waals surface area contributed by atoms with Gasteiger partial charge in [-0.1, -0.05) is 55.8 Å². The molecule has 1 unspecified atom stereocenters. The lowest BCUT2D eigenvalue weighted by atomic mass is 10.2. The summed E-state index contributed by atoms with van der Waals surface area (Å²) in [5, 5.41) is 3.42. The second kappa shape index (κ2) is 9.63. The number of hydrogen-bond acceptors (Lipinski definition) is 4. The van der Waals surface area contributed by atoms with E-state index in [2.05, 4.69) is 22.2 Å². The van der Waals surface area contributed by atoms with Crippen LogP contribution in [0.3, 0.4) is 0 Å². The number of carbonyl (C=O) groups is 1. The largest absolute Gasteiger partial charge is 0.324 e. The van der Waals surface area contributed by atoms with Gasteiger partial charge in [0.15, 0.2) is 5.16 Å². The zero-order valence-electron chi connectivity index (χ0n) is 14.3. The van der Waals surface area contributed by atoms with Gasteiger partial charge in [-0.25, -0.2) is 4.98 Å². The zero-order valence-corrected chi connectivity index (χ0v) is 15.9. The van der Waals surface area contributed by atoms with Crippen LogP contribution in [0.2, 0.25) is 5.02 Å². The van der Waals surface area contributed by atoms with E-state index < -0.39 is 0 Å². The van der Waals surface area contributed by atoms with Crippen LogP contribution in [0, 0.1) is 0 Å². The van der Waals surface area contributed by atoms with Crippen molar-refractivity contribution in [2.75, 3.05) is 5.32 Å². The molecule has 1 aromatic carbocycles. The molecular weight excluding hydrogens is 358 g/mol. The highest BCUT2D eigenvalue weighted by Gasteiger charge is 2.20. The highest BCUT2D eigenvalue weighted by molar-refractivity contribution is 8.00. The van der Waals surface area contributed by atoms with Gasteiger partial charge in [0.1, 0.15) is 0 Å². The van der Waals surface area contributed by atoms with Crippen LogP contribution in [0.4, 0.5) is 5.69 Å². The van der Waals surface area contributed by atoms with Crippen molar-refractivity contribution in [2.45, 2.75) is 49.9 Å². The Kier molecular flexibility index (Phi) is 7.52. The van der Waals surface area contributed by atoms with Gasteiger partial charge in [0.2, 0.25) is 5.91 Å². The van der Waals surface area contributed by atoms with E-state index >= 15 is 0 Å². The zero-order chi connectivity index (χ0) is 18.2. The Bertz CT molecular complexity index is 779. The number of anilines is 1. The molecule has 7 heteroatoms. The van der Waals surface area contributed by atoms with Crippen molar-refractivity contribution >= 4 is 35.0 Å². The summed E-state index contributed by atoms with van der Waals surface area (Å²) >= 11 is 7.35. The number of halogens is 1. The molecule has 1 amide bonds. The molecule has 0 radical (unpaired) electrons. The minimum Gasteiger partial charge on any atom is -0.324 e. The number of hydrogen-bond donors (Lipinski definition) is 2. The molecule has 2 rings (SSSR count). The van der Waals surface area contributed by atoms with Crippen LogP contribution in [0.15, 0.2) is 40.3 Å². The maximum absolute atomic E-state index is 12.5. The van der Waals surface area contributed by atoms with Crippen LogP contribution in [0.1, 0.15) is 38.8 Å². The molecule has 0 aliphatic rings. The van der Waals surface area contributed by atoms with Gasteiger partial charge < -0.3 is 10.3 Å². The summed E-state index contributed by atoms with van der Waals surface area (Å²) < 4.78 is 0. The SMILES string of the molecule is CCCCc1cc(=O)[nH]c(SC(CC)C(=O)Nc2ccccc2Cl)n1. The van der Waals surface area contributed by atoms with Crippen molar-refractivity contribution in [1.29, 1.82) is 0 Å². The molecule has 0 bridgehead atoms. The first kappa shape index (κ1) is 19.5. The predicted molar refractivity (Wildman–Crippen MR) is 103 cm³/mol. The predicted octanol–water partition coefficient (Wildman–Crippen LogP) is 4.28. The average molecular weight is 380 g/mol. The fourth-order valence-electron chi connectivity index (χ4n) is 2.26. The number of aromatic amines is 1. The summed E-state index contributed by atoms with van der Waals surface area (Å²) in [5.41, 5.74) is 1.14. The van der Waals surface area contributed by atoms with E-state index in [1.165, 1.54) is 17.8 Å². The van der Waals surface area contributed by atoms with E-state index in [4.69, 9.17) is 11.6 Å². The fraction of sp³-hybridized carbons (Fsp3) is 0.389. The maximum Gasteiger partial charge on any atom is 0.251 e. The first-order valence-corrected chi connectivity index (χ1v) is 9.61. The quantitative estimate of drug-likeness (QED) is 0.530. The molecule has 25 heavy (non-hydrogen) atoms.